The van der Waals surface area contributed by atoms with Gasteiger partial charge in [0.15, 0.2) is 0 Å². The van der Waals surface area contributed by atoms with Gasteiger partial charge in [-0.15, -0.1) is 0 Å². The van der Waals surface area contributed by atoms with Gasteiger partial charge in [-0.25, -0.2) is 0 Å². The first-order valence-corrected chi connectivity index (χ1v) is 23.8. The molecule has 0 bridgehead atoms. The van der Waals surface area contributed by atoms with Crippen LogP contribution >= 0.6 is 13.5 Å². The number of carbonyl (C=O) groups is 4. The molecule has 17 heteroatoms. The summed E-state index contributed by atoms with van der Waals surface area (Å²) < 4.78 is 13.1. The normalized spacial score (nSPS) is 12.0. The van der Waals surface area contributed by atoms with Crippen LogP contribution in [0.15, 0.2) is 103 Å². The average Bonchev–Trinajstić information content (AvgIpc) is 3.30. The highest BCUT2D eigenvalue weighted by Crippen LogP contribution is 2.45. The van der Waals surface area contributed by atoms with Gasteiger partial charge in [0.05, 0.1) is 32.7 Å². The number of fused-ring (bicyclic) bond motifs is 2. The highest BCUT2D eigenvalue weighted by Gasteiger charge is 2.30. The lowest BCUT2D eigenvalue weighted by molar-refractivity contribution is -0.459. The Kier molecular flexibility index (Phi) is 27.2. The van der Waals surface area contributed by atoms with E-state index in [1.54, 1.807) is 0 Å². The zero-order valence-corrected chi connectivity index (χ0v) is 43.5. The second-order valence-corrected chi connectivity index (χ2v) is 17.9. The first kappa shape index (κ1) is 60.4. The van der Waals surface area contributed by atoms with Crippen molar-refractivity contribution in [1.82, 2.24) is 21.3 Å². The van der Waals surface area contributed by atoms with Crippen LogP contribution in [0.4, 0.5) is 0 Å². The summed E-state index contributed by atoms with van der Waals surface area (Å²) in [5, 5.41) is 15.9. The second kappa shape index (κ2) is 31.5. The highest BCUT2D eigenvalue weighted by atomic mass is 35.5. The molecule has 0 saturated heterocycles. The summed E-state index contributed by atoms with van der Waals surface area (Å²) in [6.45, 7) is 10.2. The number of ether oxygens (including phenoxy) is 2. The van der Waals surface area contributed by atoms with Crippen molar-refractivity contribution in [1.29, 1.82) is 0 Å². The fraction of sp³-hybridized carbons (Fsp3) is 0.415. The maximum absolute atomic E-state index is 14.2. The van der Waals surface area contributed by atoms with Crippen molar-refractivity contribution >= 4 is 64.6 Å². The molecule has 0 aliphatic heterocycles. The molecule has 4 amide bonds. The van der Waals surface area contributed by atoms with Crippen LogP contribution in [-0.2, 0) is 25.6 Å². The van der Waals surface area contributed by atoms with Crippen LogP contribution in [0.2, 0.25) is 0 Å². The smallest absolute Gasteiger partial charge is 0.338 e. The van der Waals surface area contributed by atoms with E-state index in [0.717, 1.165) is 56.8 Å². The molecule has 0 unspecified atom stereocenters. The molecule has 0 aliphatic carbocycles. The van der Waals surface area contributed by atoms with Crippen molar-refractivity contribution in [2.75, 3.05) is 32.8 Å². The van der Waals surface area contributed by atoms with Crippen LogP contribution in [-0.4, -0.2) is 80.6 Å². The predicted octanol–water partition coefficient (Wildman–Crippen LogP) is -2.01. The standard InChI is InChI=1S/C53H70N8O6.2ClH.H2S/c1-35(2)27-31-66-45-25-23-38-17-8-10-19-40(38)48(45)49-41-20-11-9-18-39(41)24-26-46(49)67-32-30-57-50(63)42(21-12-13-28-54)60-51(64)43(22-14-29-58-53(55)56)61-52(65)44(33-36(3)4)59-47(62)34-37-15-6-5-7-16-37;;;/h5-11,15-20,23-26,35-36,42-44H,12-14,21-22,27-34,54H2,1-4H3,(H,57,63)(H,59,62)(H,60,64)(H,61,65)(H4,55,56,58);2*1H;1H2/t42-,43-,44-;;;/m1.../s1. The molecule has 5 rings (SSSR count). The lowest BCUT2D eigenvalue weighted by Crippen LogP contribution is -3.00. The fourth-order valence-electron chi connectivity index (χ4n) is 8.00. The minimum atomic E-state index is -1.03. The summed E-state index contributed by atoms with van der Waals surface area (Å²) in [7, 11) is 0. The second-order valence-electron chi connectivity index (χ2n) is 17.9. The molecular formula is C53H74Cl2N8O6S. The topological polar surface area (TPSA) is 229 Å². The number of nitrogens with one attached hydrogen (secondary N) is 5. The number of unbranched alkanes of at least 4 members (excludes halogenated alkanes) is 1. The van der Waals surface area contributed by atoms with Crippen molar-refractivity contribution in [2.45, 2.75) is 97.2 Å². The van der Waals surface area contributed by atoms with Crippen LogP contribution in [0.25, 0.3) is 32.7 Å². The Balaban J connectivity index is 0.00000560. The molecule has 0 saturated carbocycles. The van der Waals surface area contributed by atoms with Crippen LogP contribution in [0.3, 0.4) is 0 Å². The summed E-state index contributed by atoms with van der Waals surface area (Å²) in [4.78, 5) is 58.0. The Morgan fingerprint density at radius 2 is 1.13 bits per heavy atom. The molecule has 382 valence electrons. The Labute approximate surface area is 432 Å². The molecule has 0 aliphatic rings. The van der Waals surface area contributed by atoms with E-state index in [1.807, 2.05) is 86.6 Å². The zero-order valence-electron chi connectivity index (χ0n) is 41.0. The quantitative estimate of drug-likeness (QED) is 0.0166. The van der Waals surface area contributed by atoms with Crippen molar-refractivity contribution in [3.05, 3.63) is 109 Å². The van der Waals surface area contributed by atoms with Crippen LogP contribution in [0.5, 0.6) is 11.5 Å². The molecule has 0 radical (unpaired) electrons. The van der Waals surface area contributed by atoms with Gasteiger partial charge in [0.1, 0.15) is 36.2 Å². The first-order valence-electron chi connectivity index (χ1n) is 23.8. The predicted molar refractivity (Wildman–Crippen MR) is 276 cm³/mol. The third kappa shape index (κ3) is 18.9. The van der Waals surface area contributed by atoms with Crippen molar-refractivity contribution in [3.63, 3.8) is 0 Å². The van der Waals surface area contributed by atoms with Crippen molar-refractivity contribution in [3.8, 4) is 22.6 Å². The third-order valence-corrected chi connectivity index (χ3v) is 11.5. The Morgan fingerprint density at radius 3 is 1.69 bits per heavy atom. The largest absolute Gasteiger partial charge is 1.00 e. The van der Waals surface area contributed by atoms with Crippen LogP contribution in [0.1, 0.15) is 78.2 Å². The number of hydrogen-bond acceptors (Lipinski definition) is 6. The van der Waals surface area contributed by atoms with Gasteiger partial charge < -0.3 is 61.3 Å². The number of quaternary nitrogens is 1. The number of halogens is 2. The van der Waals surface area contributed by atoms with Gasteiger partial charge in [0, 0.05) is 11.1 Å². The summed E-state index contributed by atoms with van der Waals surface area (Å²) in [5.41, 5.74) is 17.8. The molecule has 12 N–H and O–H groups in total. The number of nitrogens with two attached hydrogens (primary N) is 2. The molecule has 0 spiro atoms. The van der Waals surface area contributed by atoms with Gasteiger partial charge in [-0.2, -0.15) is 13.5 Å². The summed E-state index contributed by atoms with van der Waals surface area (Å²) in [6.07, 6.45) is 3.75. The SMILES string of the molecule is CC(C)CCOc1ccc2ccccc2c1-c1c(OCCNC(=O)[C@@H](CCCC[NH3+])NC(=O)[C@@H](CCC[NH+]=C(N)N)NC(=O)[C@@H](CC(C)C)NC(=O)Cc2ccccc2)ccc2ccccc12.S.[Cl-].[Cl-]. The lowest BCUT2D eigenvalue weighted by atomic mass is 9.92. The number of benzene rings is 5. The van der Waals surface area contributed by atoms with E-state index in [4.69, 9.17) is 20.9 Å². The maximum Gasteiger partial charge on any atom is 0.338 e. The van der Waals surface area contributed by atoms with E-state index in [9.17, 15) is 19.2 Å². The molecule has 5 aromatic rings. The summed E-state index contributed by atoms with van der Waals surface area (Å²) in [5.74, 6) is 0.301. The fourth-order valence-corrected chi connectivity index (χ4v) is 8.00. The molecule has 0 fully saturated rings. The third-order valence-electron chi connectivity index (χ3n) is 11.5. The molecule has 5 aromatic carbocycles. The van der Waals surface area contributed by atoms with Crippen molar-refractivity contribution < 1.29 is 64.2 Å². The lowest BCUT2D eigenvalue weighted by Gasteiger charge is -2.26. The van der Waals surface area contributed by atoms with Crippen molar-refractivity contribution in [2.24, 2.45) is 23.3 Å². The Bertz CT molecular complexity index is 2440. The van der Waals surface area contributed by atoms with Gasteiger partial charge in [0.25, 0.3) is 0 Å². The van der Waals surface area contributed by atoms with Gasteiger partial charge in [-0.05, 0) is 96.0 Å². The van der Waals surface area contributed by atoms with E-state index in [1.165, 1.54) is 0 Å². The summed E-state index contributed by atoms with van der Waals surface area (Å²) in [6, 6.07) is 31.0. The number of amides is 4. The van der Waals surface area contributed by atoms with Crippen LogP contribution in [0, 0.1) is 11.8 Å². The van der Waals surface area contributed by atoms with E-state index in [2.05, 4.69) is 76.2 Å². The number of hydrogen-bond donors (Lipinski definition) is 8. The average molecular weight is 1020 g/mol. The first-order chi connectivity index (χ1) is 32.3. The van der Waals surface area contributed by atoms with E-state index >= 15 is 0 Å². The molecule has 0 aromatic heterocycles. The van der Waals surface area contributed by atoms with E-state index in [-0.39, 0.29) is 88.0 Å². The molecule has 70 heavy (non-hydrogen) atoms. The monoisotopic (exact) mass is 1020 g/mol. The minimum Gasteiger partial charge on any atom is -1.00 e. The van der Waals surface area contributed by atoms with Gasteiger partial charge in [-0.1, -0.05) is 119 Å². The van der Waals surface area contributed by atoms with Gasteiger partial charge in [-0.3, -0.25) is 35.6 Å². The zero-order chi connectivity index (χ0) is 48.1. The summed E-state index contributed by atoms with van der Waals surface area (Å²) >= 11 is 0. The molecule has 3 atom stereocenters. The highest BCUT2D eigenvalue weighted by molar-refractivity contribution is 7.59. The number of guanidine groups is 1. The Morgan fingerprint density at radius 1 is 0.600 bits per heavy atom. The Hall–Kier alpha value is -5.74. The molecular weight excluding hydrogens is 948 g/mol. The van der Waals surface area contributed by atoms with Gasteiger partial charge >= 0.3 is 5.96 Å². The minimum absolute atomic E-state index is 0. The number of carbonyl (C=O) groups excluding carboxylic acids is 4. The van der Waals surface area contributed by atoms with E-state index < -0.39 is 29.9 Å². The molecule has 14 nitrogen and oxygen atoms in total. The van der Waals surface area contributed by atoms with E-state index in [0.29, 0.717) is 57.0 Å². The van der Waals surface area contributed by atoms with Gasteiger partial charge in [0.2, 0.25) is 23.6 Å². The molecule has 0 heterocycles. The van der Waals surface area contributed by atoms with Crippen LogP contribution < -0.4 is 77.7 Å². The number of rotatable bonds is 27. The maximum atomic E-state index is 14.2.